The predicted octanol–water partition coefficient (Wildman–Crippen LogP) is 5.07. The highest BCUT2D eigenvalue weighted by atomic mass is 79.9. The van der Waals surface area contributed by atoms with Gasteiger partial charge in [0.15, 0.2) is 5.69 Å². The third-order valence-corrected chi connectivity index (χ3v) is 4.40. The van der Waals surface area contributed by atoms with E-state index in [2.05, 4.69) is 26.2 Å². The molecule has 6 nitrogen and oxygen atoms in total. The van der Waals surface area contributed by atoms with Crippen LogP contribution in [-0.2, 0) is 6.54 Å². The Hall–Kier alpha value is -2.67. The van der Waals surface area contributed by atoms with Crippen molar-refractivity contribution in [2.24, 2.45) is 10.2 Å². The number of azo groups is 1. The Bertz CT molecular complexity index is 1010. The third-order valence-electron chi connectivity index (χ3n) is 3.91. The van der Waals surface area contributed by atoms with Gasteiger partial charge in [0.2, 0.25) is 5.88 Å². The molecule has 0 bridgehead atoms. The first-order valence-electron chi connectivity index (χ1n) is 7.68. The van der Waals surface area contributed by atoms with Gasteiger partial charge in [-0.1, -0.05) is 27.6 Å². The molecule has 0 saturated carbocycles. The van der Waals surface area contributed by atoms with Crippen molar-refractivity contribution in [3.63, 3.8) is 0 Å². The van der Waals surface area contributed by atoms with Crippen molar-refractivity contribution < 1.29 is 15.0 Å². The second-order valence-corrected chi connectivity index (χ2v) is 6.52. The molecule has 3 rings (SSSR count). The lowest BCUT2D eigenvalue weighted by molar-refractivity contribution is 0.0992. The summed E-state index contributed by atoms with van der Waals surface area (Å²) in [6.45, 7) is 4.40. The van der Waals surface area contributed by atoms with Crippen LogP contribution in [0.5, 0.6) is 11.6 Å². The van der Waals surface area contributed by atoms with Crippen molar-refractivity contribution in [2.45, 2.75) is 20.4 Å². The lowest BCUT2D eigenvalue weighted by atomic mass is 10.1. The van der Waals surface area contributed by atoms with Crippen LogP contribution in [0.25, 0.3) is 10.9 Å². The zero-order valence-corrected chi connectivity index (χ0v) is 15.3. The molecule has 1 aromatic heterocycles. The number of hydrogen-bond donors (Lipinski definition) is 2. The summed E-state index contributed by atoms with van der Waals surface area (Å²) < 4.78 is 2.34. The summed E-state index contributed by atoms with van der Waals surface area (Å²) in [5, 5.41) is 28.6. The maximum Gasteiger partial charge on any atom is 0.299 e. The van der Waals surface area contributed by atoms with E-state index in [0.29, 0.717) is 11.0 Å². The summed E-state index contributed by atoms with van der Waals surface area (Å²) in [6.07, 6.45) is 0. The fourth-order valence-corrected chi connectivity index (χ4v) is 3.05. The van der Waals surface area contributed by atoms with Crippen LogP contribution in [0.4, 0.5) is 5.69 Å². The molecule has 0 aliphatic heterocycles. The Morgan fingerprint density at radius 3 is 2.68 bits per heavy atom. The van der Waals surface area contributed by atoms with Crippen LogP contribution in [-0.4, -0.2) is 20.7 Å². The molecular formula is C18H16BrN3O3. The first kappa shape index (κ1) is 17.2. The lowest BCUT2D eigenvalue weighted by Gasteiger charge is -2.01. The van der Waals surface area contributed by atoms with Crippen molar-refractivity contribution in [2.75, 3.05) is 0 Å². The van der Waals surface area contributed by atoms with Crippen molar-refractivity contribution in [3.8, 4) is 11.6 Å². The van der Waals surface area contributed by atoms with E-state index in [4.69, 9.17) is 0 Å². The minimum Gasteiger partial charge on any atom is -0.507 e. The zero-order chi connectivity index (χ0) is 18.1. The number of phenols is 1. The number of aromatic nitrogens is 1. The fourth-order valence-electron chi connectivity index (χ4n) is 2.68. The van der Waals surface area contributed by atoms with Gasteiger partial charge in [-0.05, 0) is 44.2 Å². The molecule has 0 saturated heterocycles. The number of benzene rings is 2. The fraction of sp³-hybridized carbons (Fsp3) is 0.167. The van der Waals surface area contributed by atoms with Gasteiger partial charge in [0.1, 0.15) is 5.75 Å². The summed E-state index contributed by atoms with van der Waals surface area (Å²) >= 11 is 3.25. The van der Waals surface area contributed by atoms with E-state index in [1.807, 2.05) is 32.0 Å². The number of rotatable bonds is 3. The second kappa shape index (κ2) is 6.68. The SMILES string of the molecule is CCn1c(O)c(N=NC(=O)c2cc(Br)ccc2O)c2cc(C)ccc21. The molecule has 3 aromatic rings. The Balaban J connectivity index is 2.07. The van der Waals surface area contributed by atoms with Crippen LogP contribution in [0.3, 0.4) is 0 Å². The molecule has 2 N–H and O–H groups in total. The lowest BCUT2D eigenvalue weighted by Crippen LogP contribution is -1.94. The van der Waals surface area contributed by atoms with Gasteiger partial charge < -0.3 is 14.8 Å². The van der Waals surface area contributed by atoms with Crippen LogP contribution in [0.1, 0.15) is 22.8 Å². The largest absolute Gasteiger partial charge is 0.507 e. The van der Waals surface area contributed by atoms with Crippen LogP contribution < -0.4 is 0 Å². The first-order valence-corrected chi connectivity index (χ1v) is 8.48. The summed E-state index contributed by atoms with van der Waals surface area (Å²) in [5.74, 6) is -0.912. The Labute approximate surface area is 152 Å². The van der Waals surface area contributed by atoms with Crippen molar-refractivity contribution in [3.05, 3.63) is 52.0 Å². The van der Waals surface area contributed by atoms with Gasteiger partial charge in [-0.25, -0.2) is 0 Å². The molecule has 0 atom stereocenters. The summed E-state index contributed by atoms with van der Waals surface area (Å²) in [4.78, 5) is 12.3. The molecule has 128 valence electrons. The molecule has 0 aliphatic carbocycles. The molecule has 25 heavy (non-hydrogen) atoms. The van der Waals surface area contributed by atoms with Gasteiger partial charge in [-0.15, -0.1) is 10.2 Å². The van der Waals surface area contributed by atoms with E-state index in [-0.39, 0.29) is 22.9 Å². The summed E-state index contributed by atoms with van der Waals surface area (Å²) in [6, 6.07) is 10.2. The normalized spacial score (nSPS) is 11.5. The quantitative estimate of drug-likeness (QED) is 0.600. The molecule has 2 aromatic carbocycles. The monoisotopic (exact) mass is 401 g/mol. The Morgan fingerprint density at radius 2 is 1.96 bits per heavy atom. The number of amides is 1. The molecule has 1 heterocycles. The second-order valence-electron chi connectivity index (χ2n) is 5.60. The zero-order valence-electron chi connectivity index (χ0n) is 13.7. The average Bonchev–Trinajstić information content (AvgIpc) is 2.85. The highest BCUT2D eigenvalue weighted by molar-refractivity contribution is 9.10. The highest BCUT2D eigenvalue weighted by Crippen LogP contribution is 2.39. The van der Waals surface area contributed by atoms with Gasteiger partial charge in [-0.2, -0.15) is 0 Å². The topological polar surface area (TPSA) is 87.2 Å². The van der Waals surface area contributed by atoms with Gasteiger partial charge in [0, 0.05) is 16.4 Å². The van der Waals surface area contributed by atoms with E-state index in [9.17, 15) is 15.0 Å². The molecule has 0 radical (unpaired) electrons. The van der Waals surface area contributed by atoms with E-state index < -0.39 is 5.91 Å². The maximum absolute atomic E-state index is 12.3. The van der Waals surface area contributed by atoms with Crippen molar-refractivity contribution >= 4 is 38.4 Å². The number of aromatic hydroxyl groups is 2. The smallest absolute Gasteiger partial charge is 0.299 e. The van der Waals surface area contributed by atoms with E-state index in [1.165, 1.54) is 12.1 Å². The summed E-state index contributed by atoms with van der Waals surface area (Å²) in [7, 11) is 0. The molecular weight excluding hydrogens is 386 g/mol. The number of nitrogens with zero attached hydrogens (tertiary/aromatic N) is 3. The minimum atomic E-state index is -0.691. The van der Waals surface area contributed by atoms with Gasteiger partial charge in [0.05, 0.1) is 11.1 Å². The maximum atomic E-state index is 12.3. The number of aryl methyl sites for hydroxylation is 2. The van der Waals surface area contributed by atoms with Gasteiger partial charge >= 0.3 is 0 Å². The number of halogens is 1. The minimum absolute atomic E-state index is 0.0352. The number of carbonyl (C=O) groups excluding carboxylic acids is 1. The molecule has 0 unspecified atom stereocenters. The highest BCUT2D eigenvalue weighted by Gasteiger charge is 2.17. The van der Waals surface area contributed by atoms with Gasteiger partial charge in [-0.3, -0.25) is 4.79 Å². The Kier molecular flexibility index (Phi) is 4.59. The number of fused-ring (bicyclic) bond motifs is 1. The third kappa shape index (κ3) is 3.15. The van der Waals surface area contributed by atoms with E-state index in [0.717, 1.165) is 16.5 Å². The first-order chi connectivity index (χ1) is 11.9. The average molecular weight is 402 g/mol. The number of hydrogen-bond acceptors (Lipinski definition) is 4. The van der Waals surface area contributed by atoms with Crippen molar-refractivity contribution in [1.29, 1.82) is 0 Å². The number of carbonyl (C=O) groups is 1. The number of phenolic OH excluding ortho intramolecular Hbond substituents is 1. The molecule has 0 aliphatic rings. The van der Waals surface area contributed by atoms with Crippen LogP contribution in [0.2, 0.25) is 0 Å². The van der Waals surface area contributed by atoms with Gasteiger partial charge in [0.25, 0.3) is 5.91 Å². The van der Waals surface area contributed by atoms with Crippen molar-refractivity contribution in [1.82, 2.24) is 4.57 Å². The van der Waals surface area contributed by atoms with E-state index in [1.54, 1.807) is 10.6 Å². The van der Waals surface area contributed by atoms with E-state index >= 15 is 0 Å². The van der Waals surface area contributed by atoms with Crippen LogP contribution in [0.15, 0.2) is 51.1 Å². The molecule has 0 spiro atoms. The molecule has 7 heteroatoms. The van der Waals surface area contributed by atoms with Crippen LogP contribution in [0, 0.1) is 6.92 Å². The Morgan fingerprint density at radius 1 is 1.20 bits per heavy atom. The van der Waals surface area contributed by atoms with Crippen LogP contribution >= 0.6 is 15.9 Å². The summed E-state index contributed by atoms with van der Waals surface area (Å²) in [5.41, 5.74) is 2.10. The molecule has 0 fully saturated rings. The molecule has 1 amide bonds. The standard InChI is InChI=1S/C18H16BrN3O3/c1-3-22-14-6-4-10(2)8-12(14)16(18(22)25)20-21-17(24)13-9-11(19)5-7-15(13)23/h4-9,23,25H,3H2,1-2H3. The predicted molar refractivity (Wildman–Crippen MR) is 98.7 cm³/mol.